The van der Waals surface area contributed by atoms with Gasteiger partial charge in [0.05, 0.1) is 0 Å². The van der Waals surface area contributed by atoms with Crippen LogP contribution in [0, 0.1) is 11.6 Å². The number of hydrogen-bond acceptors (Lipinski definition) is 4. The normalized spacial score (nSPS) is 9.93. The summed E-state index contributed by atoms with van der Waals surface area (Å²) in [5, 5.41) is 0. The molecule has 2 aromatic rings. The Bertz CT molecular complexity index is 797. The highest BCUT2D eigenvalue weighted by Gasteiger charge is 2.11. The van der Waals surface area contributed by atoms with Crippen molar-refractivity contribution >= 4 is 23.6 Å². The lowest BCUT2D eigenvalue weighted by Gasteiger charge is -2.09. The van der Waals surface area contributed by atoms with Crippen LogP contribution in [0.2, 0.25) is 0 Å². The fourth-order valence-electron chi connectivity index (χ4n) is 1.95. The lowest BCUT2D eigenvalue weighted by molar-refractivity contribution is -0.127. The van der Waals surface area contributed by atoms with Crippen molar-refractivity contribution in [2.24, 2.45) is 0 Å². The summed E-state index contributed by atoms with van der Waals surface area (Å²) in [5.41, 5.74) is 8.76. The molecule has 0 unspecified atom stereocenters. The minimum Gasteiger partial charge on any atom is -0.273 e. The molecular weight excluding hydrogens is 374 g/mol. The second-order valence-electron chi connectivity index (χ2n) is 5.52. The predicted molar refractivity (Wildman–Crippen MR) is 93.3 cm³/mol. The highest BCUT2D eigenvalue weighted by atomic mass is 19.1. The molecular formula is C18H16F2N4O4. The van der Waals surface area contributed by atoms with Gasteiger partial charge < -0.3 is 0 Å². The molecule has 4 amide bonds. The van der Waals surface area contributed by atoms with Crippen LogP contribution >= 0.6 is 0 Å². The first-order valence-electron chi connectivity index (χ1n) is 8.04. The molecule has 0 spiro atoms. The van der Waals surface area contributed by atoms with Crippen LogP contribution in [-0.2, 0) is 9.59 Å². The Labute approximate surface area is 158 Å². The van der Waals surface area contributed by atoms with E-state index in [1.54, 1.807) is 0 Å². The summed E-state index contributed by atoms with van der Waals surface area (Å²) in [5.74, 6) is -3.59. The van der Waals surface area contributed by atoms with E-state index < -0.39 is 35.3 Å². The molecule has 146 valence electrons. The summed E-state index contributed by atoms with van der Waals surface area (Å²) in [6.45, 7) is 0. The van der Waals surface area contributed by atoms with Crippen molar-refractivity contribution in [2.75, 3.05) is 0 Å². The molecule has 28 heavy (non-hydrogen) atoms. The molecule has 8 nitrogen and oxygen atoms in total. The van der Waals surface area contributed by atoms with Gasteiger partial charge in [0.25, 0.3) is 11.8 Å². The van der Waals surface area contributed by atoms with Crippen LogP contribution in [-0.4, -0.2) is 23.6 Å². The van der Waals surface area contributed by atoms with Crippen molar-refractivity contribution in [3.05, 3.63) is 71.3 Å². The van der Waals surface area contributed by atoms with E-state index in [4.69, 9.17) is 0 Å². The first kappa shape index (κ1) is 20.5. The quantitative estimate of drug-likeness (QED) is 0.569. The highest BCUT2D eigenvalue weighted by Crippen LogP contribution is 2.03. The Hall–Kier alpha value is -3.82. The standard InChI is InChI=1S/C18H16F2N4O4/c19-13-5-1-11(2-6-13)17(27)23-21-15(25)9-10-16(26)22-24-18(28)12-3-7-14(20)8-4-12/h1-8H,9-10H2,(H,21,25)(H,22,26)(H,23,27)(H,24,28). The Kier molecular flexibility index (Phi) is 7.14. The third-order valence-electron chi connectivity index (χ3n) is 3.42. The fourth-order valence-corrected chi connectivity index (χ4v) is 1.95. The van der Waals surface area contributed by atoms with Gasteiger partial charge in [-0.15, -0.1) is 0 Å². The van der Waals surface area contributed by atoms with Crippen molar-refractivity contribution in [2.45, 2.75) is 12.8 Å². The number of halogens is 2. The van der Waals surface area contributed by atoms with Crippen LogP contribution in [0.5, 0.6) is 0 Å². The van der Waals surface area contributed by atoms with Crippen molar-refractivity contribution in [3.63, 3.8) is 0 Å². The van der Waals surface area contributed by atoms with E-state index in [-0.39, 0.29) is 24.0 Å². The third-order valence-corrected chi connectivity index (χ3v) is 3.42. The van der Waals surface area contributed by atoms with E-state index in [0.29, 0.717) is 0 Å². The number of amides is 4. The van der Waals surface area contributed by atoms with Crippen LogP contribution in [0.25, 0.3) is 0 Å². The van der Waals surface area contributed by atoms with Gasteiger partial charge in [0.2, 0.25) is 11.8 Å². The van der Waals surface area contributed by atoms with Gasteiger partial charge in [0.1, 0.15) is 11.6 Å². The van der Waals surface area contributed by atoms with Crippen molar-refractivity contribution < 1.29 is 28.0 Å². The number of nitrogens with one attached hydrogen (secondary N) is 4. The topological polar surface area (TPSA) is 116 Å². The van der Waals surface area contributed by atoms with Gasteiger partial charge in [-0.3, -0.25) is 40.9 Å². The fraction of sp³-hybridized carbons (Fsp3) is 0.111. The Balaban J connectivity index is 1.67. The number of carbonyl (C=O) groups is 4. The van der Waals surface area contributed by atoms with Gasteiger partial charge in [0.15, 0.2) is 0 Å². The molecule has 0 heterocycles. The van der Waals surface area contributed by atoms with E-state index in [9.17, 15) is 28.0 Å². The summed E-state index contributed by atoms with van der Waals surface area (Å²) < 4.78 is 25.6. The second-order valence-corrected chi connectivity index (χ2v) is 5.52. The third kappa shape index (κ3) is 6.48. The molecule has 2 rings (SSSR count). The largest absolute Gasteiger partial charge is 0.273 e. The van der Waals surface area contributed by atoms with E-state index in [2.05, 4.69) is 21.7 Å². The number of hydrogen-bond donors (Lipinski definition) is 4. The molecule has 0 saturated heterocycles. The highest BCUT2D eigenvalue weighted by molar-refractivity contribution is 5.96. The van der Waals surface area contributed by atoms with E-state index >= 15 is 0 Å². The molecule has 0 aliphatic heterocycles. The van der Waals surface area contributed by atoms with Gasteiger partial charge in [-0.1, -0.05) is 0 Å². The van der Waals surface area contributed by atoms with Gasteiger partial charge in [0, 0.05) is 24.0 Å². The van der Waals surface area contributed by atoms with Crippen molar-refractivity contribution in [1.82, 2.24) is 21.7 Å². The van der Waals surface area contributed by atoms with Gasteiger partial charge in [-0.25, -0.2) is 8.78 Å². The smallest absolute Gasteiger partial charge is 0.269 e. The summed E-state index contributed by atoms with van der Waals surface area (Å²) in [7, 11) is 0. The summed E-state index contributed by atoms with van der Waals surface area (Å²) in [4.78, 5) is 46.7. The average molecular weight is 390 g/mol. The number of hydrazine groups is 2. The summed E-state index contributed by atoms with van der Waals surface area (Å²) in [6.07, 6.45) is -0.524. The molecule has 0 bridgehead atoms. The first-order chi connectivity index (χ1) is 13.3. The minimum atomic E-state index is -0.649. The van der Waals surface area contributed by atoms with Gasteiger partial charge in [-0.05, 0) is 48.5 Å². The summed E-state index contributed by atoms with van der Waals surface area (Å²) >= 11 is 0. The lowest BCUT2D eigenvalue weighted by atomic mass is 10.2. The number of carbonyl (C=O) groups excluding carboxylic acids is 4. The van der Waals surface area contributed by atoms with Gasteiger partial charge >= 0.3 is 0 Å². The van der Waals surface area contributed by atoms with E-state index in [1.165, 1.54) is 24.3 Å². The van der Waals surface area contributed by atoms with Crippen LogP contribution in [0.4, 0.5) is 8.78 Å². The SMILES string of the molecule is O=C(CCC(=O)NNC(=O)c1ccc(F)cc1)NNC(=O)c1ccc(F)cc1. The van der Waals surface area contributed by atoms with Gasteiger partial charge in [-0.2, -0.15) is 0 Å². The molecule has 0 atom stereocenters. The average Bonchev–Trinajstić information content (AvgIpc) is 2.69. The molecule has 2 aromatic carbocycles. The number of benzene rings is 2. The zero-order chi connectivity index (χ0) is 20.5. The molecule has 0 aliphatic carbocycles. The molecule has 10 heteroatoms. The monoisotopic (exact) mass is 390 g/mol. The van der Waals surface area contributed by atoms with Crippen molar-refractivity contribution in [3.8, 4) is 0 Å². The molecule has 0 fully saturated rings. The Morgan fingerprint density at radius 3 is 1.21 bits per heavy atom. The maximum absolute atomic E-state index is 12.8. The Morgan fingerprint density at radius 1 is 0.571 bits per heavy atom. The molecule has 4 N–H and O–H groups in total. The zero-order valence-electron chi connectivity index (χ0n) is 14.4. The van der Waals surface area contributed by atoms with E-state index in [1.807, 2.05) is 0 Å². The second kappa shape index (κ2) is 9.76. The Morgan fingerprint density at radius 2 is 0.893 bits per heavy atom. The predicted octanol–water partition coefficient (Wildman–Crippen LogP) is 0.967. The maximum Gasteiger partial charge on any atom is 0.269 e. The molecule has 0 aromatic heterocycles. The van der Waals surface area contributed by atoms with Crippen LogP contribution in [0.1, 0.15) is 33.6 Å². The summed E-state index contributed by atoms with van der Waals surface area (Å²) in [6, 6.07) is 9.37. The van der Waals surface area contributed by atoms with Crippen molar-refractivity contribution in [1.29, 1.82) is 0 Å². The zero-order valence-corrected chi connectivity index (χ0v) is 14.4. The van der Waals surface area contributed by atoms with Crippen LogP contribution < -0.4 is 21.7 Å². The van der Waals surface area contributed by atoms with Crippen LogP contribution in [0.15, 0.2) is 48.5 Å². The first-order valence-corrected chi connectivity index (χ1v) is 8.04. The molecule has 0 aliphatic rings. The molecule has 0 saturated carbocycles. The lowest BCUT2D eigenvalue weighted by Crippen LogP contribution is -2.44. The maximum atomic E-state index is 12.8. The van der Waals surface area contributed by atoms with Crippen LogP contribution in [0.3, 0.4) is 0 Å². The minimum absolute atomic E-state index is 0.142. The van der Waals surface area contributed by atoms with E-state index in [0.717, 1.165) is 24.3 Å². The number of rotatable bonds is 5. The molecule has 0 radical (unpaired) electrons.